The number of imidazole rings is 1. The summed E-state index contributed by atoms with van der Waals surface area (Å²) in [5, 5.41) is 7.23. The molecular formula is C22H19FN6O2. The largest absolute Gasteiger partial charge is 0.378 e. The fourth-order valence-electron chi connectivity index (χ4n) is 3.48. The first-order valence-electron chi connectivity index (χ1n) is 9.90. The second-order valence-corrected chi connectivity index (χ2v) is 7.05. The SMILES string of the molecule is O=C(Nc1cccc(N2CCOCC2)n1)c1cnc2ccc(-c3ccccc3F)nn12. The number of benzene rings is 1. The highest BCUT2D eigenvalue weighted by Crippen LogP contribution is 2.21. The number of amides is 1. The predicted octanol–water partition coefficient (Wildman–Crippen LogP) is 3.02. The summed E-state index contributed by atoms with van der Waals surface area (Å²) < 4.78 is 21.0. The van der Waals surface area contributed by atoms with Gasteiger partial charge in [0.1, 0.15) is 17.5 Å². The van der Waals surface area contributed by atoms with Crippen molar-refractivity contribution in [1.82, 2.24) is 19.6 Å². The summed E-state index contributed by atoms with van der Waals surface area (Å²) in [5.74, 6) is 0.412. The number of nitrogens with zero attached hydrogens (tertiary/aromatic N) is 5. The van der Waals surface area contributed by atoms with Crippen molar-refractivity contribution >= 4 is 23.2 Å². The zero-order valence-corrected chi connectivity index (χ0v) is 16.5. The molecule has 0 unspecified atom stereocenters. The number of hydrogen-bond acceptors (Lipinski definition) is 6. The first-order valence-corrected chi connectivity index (χ1v) is 9.90. The number of morpholine rings is 1. The number of carbonyl (C=O) groups excluding carboxylic acids is 1. The van der Waals surface area contributed by atoms with Crippen LogP contribution in [0.2, 0.25) is 0 Å². The maximum Gasteiger partial charge on any atom is 0.277 e. The minimum Gasteiger partial charge on any atom is -0.378 e. The molecule has 3 aromatic heterocycles. The van der Waals surface area contributed by atoms with Crippen LogP contribution >= 0.6 is 0 Å². The van der Waals surface area contributed by atoms with Gasteiger partial charge in [-0.3, -0.25) is 4.79 Å². The standard InChI is InChI=1S/C22H19FN6O2/c23-16-5-2-1-4-15(16)17-8-9-20-24-14-18(29(20)27-17)22(30)26-19-6-3-7-21(25-19)28-10-12-31-13-11-28/h1-9,14H,10-13H2,(H,25,26,30). The van der Waals surface area contributed by atoms with Crippen molar-refractivity contribution in [2.24, 2.45) is 0 Å². The third kappa shape index (κ3) is 3.82. The second-order valence-electron chi connectivity index (χ2n) is 7.05. The molecule has 4 heterocycles. The Labute approximate surface area is 177 Å². The summed E-state index contributed by atoms with van der Waals surface area (Å²) in [6.45, 7) is 2.80. The molecule has 4 aromatic rings. The van der Waals surface area contributed by atoms with Crippen LogP contribution in [0, 0.1) is 5.82 Å². The zero-order valence-electron chi connectivity index (χ0n) is 16.5. The zero-order chi connectivity index (χ0) is 21.2. The van der Waals surface area contributed by atoms with Crippen molar-refractivity contribution in [2.45, 2.75) is 0 Å². The van der Waals surface area contributed by atoms with Crippen LogP contribution in [0.4, 0.5) is 16.0 Å². The van der Waals surface area contributed by atoms with Gasteiger partial charge in [0.15, 0.2) is 11.3 Å². The second kappa shape index (κ2) is 8.11. The average molecular weight is 418 g/mol. The van der Waals surface area contributed by atoms with Gasteiger partial charge in [0.25, 0.3) is 5.91 Å². The Morgan fingerprint density at radius 3 is 2.71 bits per heavy atom. The van der Waals surface area contributed by atoms with Gasteiger partial charge in [0.05, 0.1) is 25.1 Å². The highest BCUT2D eigenvalue weighted by atomic mass is 19.1. The average Bonchev–Trinajstić information content (AvgIpc) is 3.24. The molecule has 5 rings (SSSR count). The molecule has 0 atom stereocenters. The molecule has 1 N–H and O–H groups in total. The Morgan fingerprint density at radius 1 is 1.03 bits per heavy atom. The lowest BCUT2D eigenvalue weighted by Gasteiger charge is -2.27. The molecule has 0 spiro atoms. The third-order valence-electron chi connectivity index (χ3n) is 5.06. The lowest BCUT2D eigenvalue weighted by atomic mass is 10.1. The number of nitrogens with one attached hydrogen (secondary N) is 1. The molecule has 9 heteroatoms. The van der Waals surface area contributed by atoms with Crippen LogP contribution in [0.25, 0.3) is 16.9 Å². The number of aromatic nitrogens is 4. The minimum absolute atomic E-state index is 0.228. The number of rotatable bonds is 4. The van der Waals surface area contributed by atoms with Gasteiger partial charge in [-0.2, -0.15) is 5.10 Å². The van der Waals surface area contributed by atoms with Crippen molar-refractivity contribution in [3.63, 3.8) is 0 Å². The van der Waals surface area contributed by atoms with E-state index in [4.69, 9.17) is 4.74 Å². The molecule has 31 heavy (non-hydrogen) atoms. The molecule has 1 saturated heterocycles. The normalized spacial score (nSPS) is 14.0. The molecule has 1 aliphatic heterocycles. The molecule has 0 radical (unpaired) electrons. The van der Waals surface area contributed by atoms with E-state index < -0.39 is 5.91 Å². The number of pyridine rings is 1. The smallest absolute Gasteiger partial charge is 0.277 e. The summed E-state index contributed by atoms with van der Waals surface area (Å²) in [4.78, 5) is 23.8. The van der Waals surface area contributed by atoms with Gasteiger partial charge in [-0.15, -0.1) is 0 Å². The highest BCUT2D eigenvalue weighted by molar-refractivity contribution is 6.03. The summed E-state index contributed by atoms with van der Waals surface area (Å²) in [5.41, 5.74) is 1.47. The van der Waals surface area contributed by atoms with E-state index >= 15 is 0 Å². The number of hydrogen-bond donors (Lipinski definition) is 1. The van der Waals surface area contributed by atoms with E-state index in [9.17, 15) is 9.18 Å². The predicted molar refractivity (Wildman–Crippen MR) is 114 cm³/mol. The molecule has 1 amide bonds. The van der Waals surface area contributed by atoms with Crippen molar-refractivity contribution < 1.29 is 13.9 Å². The van der Waals surface area contributed by atoms with Gasteiger partial charge in [0, 0.05) is 18.7 Å². The topological polar surface area (TPSA) is 84.7 Å². The van der Waals surface area contributed by atoms with Crippen molar-refractivity contribution in [3.8, 4) is 11.3 Å². The molecule has 8 nitrogen and oxygen atoms in total. The lowest BCUT2D eigenvalue weighted by Crippen LogP contribution is -2.36. The molecule has 156 valence electrons. The van der Waals surface area contributed by atoms with Crippen LogP contribution in [0.3, 0.4) is 0 Å². The van der Waals surface area contributed by atoms with Crippen LogP contribution in [-0.4, -0.2) is 51.8 Å². The first-order chi connectivity index (χ1) is 15.2. The van der Waals surface area contributed by atoms with E-state index in [0.29, 0.717) is 35.9 Å². The molecule has 1 fully saturated rings. The molecule has 0 saturated carbocycles. The Kier molecular flexibility index (Phi) is 5.01. The Bertz CT molecular complexity index is 1250. The Morgan fingerprint density at radius 2 is 1.87 bits per heavy atom. The molecule has 0 aliphatic carbocycles. The van der Waals surface area contributed by atoms with Gasteiger partial charge in [-0.25, -0.2) is 18.9 Å². The summed E-state index contributed by atoms with van der Waals surface area (Å²) in [6, 6.07) is 15.2. The maximum absolute atomic E-state index is 14.2. The monoisotopic (exact) mass is 418 g/mol. The van der Waals surface area contributed by atoms with Crippen LogP contribution < -0.4 is 10.2 Å². The molecule has 1 aromatic carbocycles. The number of halogens is 1. The van der Waals surface area contributed by atoms with Gasteiger partial charge >= 0.3 is 0 Å². The van der Waals surface area contributed by atoms with Gasteiger partial charge < -0.3 is 15.0 Å². The fourth-order valence-corrected chi connectivity index (χ4v) is 3.48. The van der Waals surface area contributed by atoms with Crippen LogP contribution in [0.1, 0.15) is 10.5 Å². The maximum atomic E-state index is 14.2. The van der Waals surface area contributed by atoms with E-state index in [0.717, 1.165) is 18.9 Å². The van der Waals surface area contributed by atoms with Crippen molar-refractivity contribution in [1.29, 1.82) is 0 Å². The quantitative estimate of drug-likeness (QED) is 0.549. The summed E-state index contributed by atoms with van der Waals surface area (Å²) >= 11 is 0. The van der Waals surface area contributed by atoms with Gasteiger partial charge in [-0.05, 0) is 36.4 Å². The molecule has 0 bridgehead atoms. The lowest BCUT2D eigenvalue weighted by molar-refractivity contribution is 0.102. The summed E-state index contributed by atoms with van der Waals surface area (Å²) in [6.07, 6.45) is 1.44. The Balaban J connectivity index is 1.42. The molecule has 1 aliphatic rings. The van der Waals surface area contributed by atoms with E-state index in [2.05, 4.69) is 25.3 Å². The molecular weight excluding hydrogens is 399 g/mol. The van der Waals surface area contributed by atoms with E-state index in [1.54, 1.807) is 36.4 Å². The van der Waals surface area contributed by atoms with Crippen molar-refractivity contribution in [3.05, 3.63) is 72.3 Å². The van der Waals surface area contributed by atoms with Crippen LogP contribution in [0.15, 0.2) is 60.8 Å². The summed E-state index contributed by atoms with van der Waals surface area (Å²) in [7, 11) is 0. The van der Waals surface area contributed by atoms with E-state index in [1.165, 1.54) is 16.8 Å². The number of ether oxygens (including phenoxy) is 1. The number of carbonyl (C=O) groups is 1. The third-order valence-corrected chi connectivity index (χ3v) is 5.06. The van der Waals surface area contributed by atoms with E-state index in [-0.39, 0.29) is 11.5 Å². The first kappa shape index (κ1) is 19.1. The van der Waals surface area contributed by atoms with Gasteiger partial charge in [0.2, 0.25) is 0 Å². The van der Waals surface area contributed by atoms with Crippen LogP contribution in [0.5, 0.6) is 0 Å². The Hall–Kier alpha value is -3.85. The highest BCUT2D eigenvalue weighted by Gasteiger charge is 2.17. The van der Waals surface area contributed by atoms with Crippen molar-refractivity contribution in [2.75, 3.05) is 36.5 Å². The fraction of sp³-hybridized carbons (Fsp3) is 0.182. The number of fused-ring (bicyclic) bond motifs is 1. The number of anilines is 2. The minimum atomic E-state index is -0.405. The van der Waals surface area contributed by atoms with Crippen LogP contribution in [-0.2, 0) is 4.74 Å². The van der Waals surface area contributed by atoms with E-state index in [1.807, 2.05) is 12.1 Å². The van der Waals surface area contributed by atoms with Gasteiger partial charge in [-0.1, -0.05) is 18.2 Å².